The molecule has 0 spiro atoms. The van der Waals surface area contributed by atoms with Crippen molar-refractivity contribution in [3.05, 3.63) is 23.5 Å². The molecule has 102 valence electrons. The van der Waals surface area contributed by atoms with Crippen molar-refractivity contribution in [2.24, 2.45) is 7.05 Å². The van der Waals surface area contributed by atoms with Crippen LogP contribution in [0.1, 0.15) is 16.1 Å². The second kappa shape index (κ2) is 5.70. The van der Waals surface area contributed by atoms with Crippen molar-refractivity contribution in [2.75, 3.05) is 24.6 Å². The number of anilines is 2. The van der Waals surface area contributed by atoms with E-state index in [4.69, 9.17) is 5.73 Å². The lowest BCUT2D eigenvalue weighted by atomic mass is 10.2. The Morgan fingerprint density at radius 3 is 3.00 bits per heavy atom. The molecule has 1 amide bonds. The van der Waals surface area contributed by atoms with Gasteiger partial charge in [-0.1, -0.05) is 0 Å². The summed E-state index contributed by atoms with van der Waals surface area (Å²) in [5, 5.41) is 10.7. The summed E-state index contributed by atoms with van der Waals surface area (Å²) in [6.45, 7) is 0.669. The number of aryl methyl sites for hydroxylation is 1. The van der Waals surface area contributed by atoms with Gasteiger partial charge < -0.3 is 16.4 Å². The van der Waals surface area contributed by atoms with Crippen LogP contribution in [-0.4, -0.2) is 33.7 Å². The van der Waals surface area contributed by atoms with Crippen molar-refractivity contribution >= 4 is 28.3 Å². The van der Waals surface area contributed by atoms with Crippen LogP contribution in [-0.2, 0) is 13.5 Å². The molecule has 0 bridgehead atoms. The number of amides is 1. The zero-order chi connectivity index (χ0) is 13.8. The molecule has 7 nitrogen and oxygen atoms in total. The maximum atomic E-state index is 11.7. The first kappa shape index (κ1) is 13.3. The van der Waals surface area contributed by atoms with Gasteiger partial charge in [-0.15, -0.1) is 0 Å². The summed E-state index contributed by atoms with van der Waals surface area (Å²) in [7, 11) is 3.45. The second-order valence-electron chi connectivity index (χ2n) is 4.01. The van der Waals surface area contributed by atoms with Gasteiger partial charge in [0.15, 0.2) is 5.82 Å². The van der Waals surface area contributed by atoms with Crippen molar-refractivity contribution in [3.63, 3.8) is 0 Å². The molecule has 2 rings (SSSR count). The van der Waals surface area contributed by atoms with E-state index in [1.165, 1.54) is 11.5 Å². The highest BCUT2D eigenvalue weighted by Gasteiger charge is 2.17. The third kappa shape index (κ3) is 3.02. The lowest BCUT2D eigenvalue weighted by molar-refractivity contribution is 0.0965. The maximum Gasteiger partial charge on any atom is 0.257 e. The fraction of sp³-hybridized carbons (Fsp3) is 0.364. The summed E-state index contributed by atoms with van der Waals surface area (Å²) in [5.41, 5.74) is 7.09. The number of hydrogen-bond donors (Lipinski definition) is 3. The fourth-order valence-electron chi connectivity index (χ4n) is 1.67. The smallest absolute Gasteiger partial charge is 0.257 e. The summed E-state index contributed by atoms with van der Waals surface area (Å²) in [6.07, 6.45) is 2.67. The van der Waals surface area contributed by atoms with Crippen LogP contribution in [0.3, 0.4) is 0 Å². The summed E-state index contributed by atoms with van der Waals surface area (Å²) in [4.78, 5) is 11.7. The Bertz CT molecular complexity index is 576. The number of hydrogen-bond acceptors (Lipinski definition) is 6. The topological polar surface area (TPSA) is 97.9 Å². The van der Waals surface area contributed by atoms with Crippen LogP contribution in [0.15, 0.2) is 12.3 Å². The first-order chi connectivity index (χ1) is 9.11. The first-order valence-corrected chi connectivity index (χ1v) is 6.58. The second-order valence-corrected chi connectivity index (χ2v) is 4.78. The van der Waals surface area contributed by atoms with E-state index >= 15 is 0 Å². The number of nitrogens with two attached hydrogens (primary N) is 1. The lowest BCUT2D eigenvalue weighted by Gasteiger charge is -2.05. The Morgan fingerprint density at radius 2 is 2.37 bits per heavy atom. The number of nitrogens with one attached hydrogen (secondary N) is 2. The van der Waals surface area contributed by atoms with E-state index in [-0.39, 0.29) is 11.7 Å². The molecule has 4 N–H and O–H groups in total. The minimum atomic E-state index is -0.230. The molecule has 19 heavy (non-hydrogen) atoms. The number of nitrogens with zero attached hydrogens (tertiary/aromatic N) is 3. The van der Waals surface area contributed by atoms with Crippen LogP contribution < -0.4 is 16.4 Å². The Morgan fingerprint density at radius 1 is 1.58 bits per heavy atom. The van der Waals surface area contributed by atoms with E-state index in [0.717, 1.165) is 12.1 Å². The van der Waals surface area contributed by atoms with Crippen LogP contribution in [0, 0.1) is 0 Å². The maximum absolute atomic E-state index is 11.7. The Kier molecular flexibility index (Phi) is 4.00. The molecule has 2 heterocycles. The van der Waals surface area contributed by atoms with Crippen molar-refractivity contribution in [3.8, 4) is 0 Å². The molecular formula is C11H16N6OS. The lowest BCUT2D eigenvalue weighted by Crippen LogP contribution is -2.20. The normalized spacial score (nSPS) is 10.4. The van der Waals surface area contributed by atoms with E-state index in [2.05, 4.69) is 20.1 Å². The molecule has 8 heteroatoms. The molecule has 0 atom stereocenters. The average molecular weight is 280 g/mol. The third-order valence-corrected chi connectivity index (χ3v) is 3.43. The molecule has 0 aliphatic carbocycles. The minimum absolute atomic E-state index is 0.230. The van der Waals surface area contributed by atoms with Gasteiger partial charge in [-0.3, -0.25) is 9.48 Å². The van der Waals surface area contributed by atoms with Gasteiger partial charge in [-0.2, -0.15) is 9.47 Å². The number of carbonyl (C=O) groups excluding carboxylic acids is 1. The Labute approximate surface area is 115 Å². The third-order valence-electron chi connectivity index (χ3n) is 2.61. The van der Waals surface area contributed by atoms with Crippen molar-refractivity contribution < 1.29 is 4.79 Å². The summed E-state index contributed by atoms with van der Waals surface area (Å²) >= 11 is 1.19. The predicted molar refractivity (Wildman–Crippen MR) is 75.3 cm³/mol. The standard InChI is InChI=1S/C11H16N6OS/c1-13-10(18)8-9(12)16-19-11(8)14-5-3-7-4-6-17(2)15-7/h4,6,14H,3,5H2,1-2H3,(H2,12,16)(H,13,18). The quantitative estimate of drug-likeness (QED) is 0.739. The van der Waals surface area contributed by atoms with Gasteiger partial charge in [0.05, 0.1) is 5.69 Å². The van der Waals surface area contributed by atoms with E-state index < -0.39 is 0 Å². The Balaban J connectivity index is 1.98. The highest BCUT2D eigenvalue weighted by Crippen LogP contribution is 2.26. The van der Waals surface area contributed by atoms with Gasteiger partial charge >= 0.3 is 0 Å². The van der Waals surface area contributed by atoms with E-state index in [0.29, 0.717) is 17.1 Å². The van der Waals surface area contributed by atoms with Crippen LogP contribution in [0.25, 0.3) is 0 Å². The highest BCUT2D eigenvalue weighted by molar-refractivity contribution is 7.11. The summed E-state index contributed by atoms with van der Waals surface area (Å²) < 4.78 is 5.75. The molecule has 0 fully saturated rings. The molecule has 0 aliphatic rings. The van der Waals surface area contributed by atoms with Gasteiger partial charge in [0.25, 0.3) is 5.91 Å². The van der Waals surface area contributed by atoms with Crippen molar-refractivity contribution in [1.29, 1.82) is 0 Å². The number of nitrogen functional groups attached to an aromatic ring is 1. The molecule has 2 aromatic rings. The van der Waals surface area contributed by atoms with E-state index in [1.54, 1.807) is 11.7 Å². The molecule has 0 unspecified atom stereocenters. The van der Waals surface area contributed by atoms with Gasteiger partial charge in [0, 0.05) is 33.3 Å². The molecule has 0 radical (unpaired) electrons. The highest BCUT2D eigenvalue weighted by atomic mass is 32.1. The zero-order valence-corrected chi connectivity index (χ0v) is 11.6. The predicted octanol–water partition coefficient (Wildman–Crippen LogP) is 0.473. The van der Waals surface area contributed by atoms with Gasteiger partial charge in [0.2, 0.25) is 0 Å². The molecule has 0 saturated heterocycles. The van der Waals surface area contributed by atoms with Gasteiger partial charge in [-0.05, 0) is 17.6 Å². The van der Waals surface area contributed by atoms with Crippen molar-refractivity contribution in [2.45, 2.75) is 6.42 Å². The summed E-state index contributed by atoms with van der Waals surface area (Å²) in [6, 6.07) is 1.96. The Hall–Kier alpha value is -2.09. The van der Waals surface area contributed by atoms with Crippen LogP contribution in [0.2, 0.25) is 0 Å². The largest absolute Gasteiger partial charge is 0.382 e. The van der Waals surface area contributed by atoms with Crippen LogP contribution in [0.4, 0.5) is 10.8 Å². The number of carbonyl (C=O) groups is 1. The SMILES string of the molecule is CNC(=O)c1c(N)nsc1NCCc1ccn(C)n1. The first-order valence-electron chi connectivity index (χ1n) is 5.81. The molecule has 0 aromatic carbocycles. The fourth-order valence-corrected chi connectivity index (χ4v) is 2.40. The van der Waals surface area contributed by atoms with Gasteiger partial charge in [-0.25, -0.2) is 0 Å². The van der Waals surface area contributed by atoms with Crippen molar-refractivity contribution in [1.82, 2.24) is 19.5 Å². The zero-order valence-electron chi connectivity index (χ0n) is 10.8. The van der Waals surface area contributed by atoms with E-state index in [9.17, 15) is 4.79 Å². The molecule has 0 aliphatic heterocycles. The average Bonchev–Trinajstić information content (AvgIpc) is 2.96. The number of rotatable bonds is 5. The molecule has 0 saturated carbocycles. The molecule has 2 aromatic heterocycles. The minimum Gasteiger partial charge on any atom is -0.382 e. The number of aromatic nitrogens is 3. The van der Waals surface area contributed by atoms with Crippen LogP contribution in [0.5, 0.6) is 0 Å². The molecular weight excluding hydrogens is 264 g/mol. The summed E-state index contributed by atoms with van der Waals surface area (Å²) in [5.74, 6) is 0.0243. The van der Waals surface area contributed by atoms with Crippen LogP contribution >= 0.6 is 11.5 Å². The monoisotopic (exact) mass is 280 g/mol. The van der Waals surface area contributed by atoms with Gasteiger partial charge in [0.1, 0.15) is 10.6 Å². The van der Waals surface area contributed by atoms with E-state index in [1.807, 2.05) is 19.3 Å².